The fraction of sp³-hybridized carbons (Fsp3) is 0.625. The van der Waals surface area contributed by atoms with Gasteiger partial charge in [-0.05, 0) is 12.5 Å². The van der Waals surface area contributed by atoms with Gasteiger partial charge >= 0.3 is 0 Å². The van der Waals surface area contributed by atoms with Gasteiger partial charge in [-0.2, -0.15) is 9.40 Å². The lowest BCUT2D eigenvalue weighted by Gasteiger charge is -2.15. The second-order valence-electron chi connectivity index (χ2n) is 3.54. The Morgan fingerprint density at radius 1 is 1.60 bits per heavy atom. The van der Waals surface area contributed by atoms with Crippen LogP contribution in [0.4, 0.5) is 0 Å². The van der Waals surface area contributed by atoms with Crippen LogP contribution in [0.15, 0.2) is 17.3 Å². The van der Waals surface area contributed by atoms with E-state index in [9.17, 15) is 8.42 Å². The van der Waals surface area contributed by atoms with Gasteiger partial charge in [-0.25, -0.2) is 8.42 Å². The smallest absolute Gasteiger partial charge is 0.256 e. The SMILES string of the molecule is Cn1nccc1S(=O)(=O)N1CCC(Cl)C1. The minimum Gasteiger partial charge on any atom is -0.256 e. The Labute approximate surface area is 93.7 Å². The van der Waals surface area contributed by atoms with E-state index in [-0.39, 0.29) is 10.4 Å². The molecule has 1 atom stereocenters. The first-order valence-electron chi connectivity index (χ1n) is 4.64. The molecule has 0 N–H and O–H groups in total. The average Bonchev–Trinajstić information content (AvgIpc) is 2.74. The van der Waals surface area contributed by atoms with Crippen LogP contribution < -0.4 is 0 Å². The standard InChI is InChI=1S/C8H12ClN3O2S/c1-11-8(2-4-10-11)15(13,14)12-5-3-7(9)6-12/h2,4,7H,3,5-6H2,1H3. The van der Waals surface area contributed by atoms with Crippen molar-refractivity contribution in [3.8, 4) is 0 Å². The molecule has 0 amide bonds. The van der Waals surface area contributed by atoms with Gasteiger partial charge in [0.25, 0.3) is 10.0 Å². The van der Waals surface area contributed by atoms with Crippen LogP contribution in [0.5, 0.6) is 0 Å². The molecule has 2 rings (SSSR count). The van der Waals surface area contributed by atoms with Crippen molar-refractivity contribution in [3.63, 3.8) is 0 Å². The Balaban J connectivity index is 2.32. The van der Waals surface area contributed by atoms with Crippen molar-refractivity contribution >= 4 is 21.6 Å². The van der Waals surface area contributed by atoms with Crippen LogP contribution in [-0.2, 0) is 17.1 Å². The third kappa shape index (κ3) is 1.89. The lowest BCUT2D eigenvalue weighted by atomic mass is 10.4. The Bertz CT molecular complexity index is 456. The quantitative estimate of drug-likeness (QED) is 0.714. The lowest BCUT2D eigenvalue weighted by molar-refractivity contribution is 0.467. The molecule has 1 unspecified atom stereocenters. The van der Waals surface area contributed by atoms with Crippen molar-refractivity contribution in [3.05, 3.63) is 12.3 Å². The summed E-state index contributed by atoms with van der Waals surface area (Å²) in [5.41, 5.74) is 0. The highest BCUT2D eigenvalue weighted by Crippen LogP contribution is 2.22. The van der Waals surface area contributed by atoms with E-state index in [2.05, 4.69) is 5.10 Å². The molecule has 1 fully saturated rings. The summed E-state index contributed by atoms with van der Waals surface area (Å²) in [6.07, 6.45) is 2.18. The van der Waals surface area contributed by atoms with Gasteiger partial charge in [0, 0.05) is 25.5 Å². The molecule has 1 saturated heterocycles. The van der Waals surface area contributed by atoms with E-state index >= 15 is 0 Å². The molecule has 1 aliphatic rings. The normalized spacial score (nSPS) is 23.5. The minimum atomic E-state index is -3.41. The second-order valence-corrected chi connectivity index (χ2v) is 6.04. The Morgan fingerprint density at radius 3 is 2.80 bits per heavy atom. The number of aryl methyl sites for hydroxylation is 1. The Morgan fingerprint density at radius 2 is 2.33 bits per heavy atom. The molecule has 1 aliphatic heterocycles. The van der Waals surface area contributed by atoms with Gasteiger partial charge in [-0.3, -0.25) is 4.68 Å². The third-order valence-electron chi connectivity index (χ3n) is 2.47. The van der Waals surface area contributed by atoms with Crippen molar-refractivity contribution in [2.45, 2.75) is 16.8 Å². The number of rotatable bonds is 2. The summed E-state index contributed by atoms with van der Waals surface area (Å²) in [4.78, 5) is 0. The molecule has 1 aromatic heterocycles. The van der Waals surface area contributed by atoms with Crippen LogP contribution in [0.3, 0.4) is 0 Å². The number of alkyl halides is 1. The highest BCUT2D eigenvalue weighted by molar-refractivity contribution is 7.89. The van der Waals surface area contributed by atoms with Crippen LogP contribution >= 0.6 is 11.6 Å². The Kier molecular flexibility index (Phi) is 2.74. The lowest BCUT2D eigenvalue weighted by Crippen LogP contribution is -2.30. The van der Waals surface area contributed by atoms with Crippen LogP contribution in [0.25, 0.3) is 0 Å². The van der Waals surface area contributed by atoms with Crippen molar-refractivity contribution in [1.82, 2.24) is 14.1 Å². The van der Waals surface area contributed by atoms with Gasteiger partial charge in [0.1, 0.15) is 0 Å². The van der Waals surface area contributed by atoms with Crippen LogP contribution in [0.1, 0.15) is 6.42 Å². The predicted molar refractivity (Wildman–Crippen MR) is 56.2 cm³/mol. The van der Waals surface area contributed by atoms with E-state index in [0.717, 1.165) is 0 Å². The van der Waals surface area contributed by atoms with E-state index < -0.39 is 10.0 Å². The van der Waals surface area contributed by atoms with E-state index in [1.54, 1.807) is 7.05 Å². The summed E-state index contributed by atoms with van der Waals surface area (Å²) in [5, 5.41) is 3.99. The fourth-order valence-electron chi connectivity index (χ4n) is 1.65. The van der Waals surface area contributed by atoms with Gasteiger partial charge in [-0.1, -0.05) is 0 Å². The molecule has 5 nitrogen and oxygen atoms in total. The predicted octanol–water partition coefficient (Wildman–Crippen LogP) is 0.422. The molecule has 2 heterocycles. The molecule has 0 aliphatic carbocycles. The monoisotopic (exact) mass is 249 g/mol. The third-order valence-corrected chi connectivity index (χ3v) is 4.77. The maximum absolute atomic E-state index is 12.1. The van der Waals surface area contributed by atoms with Gasteiger partial charge < -0.3 is 0 Å². The van der Waals surface area contributed by atoms with Crippen molar-refractivity contribution in [2.24, 2.45) is 7.05 Å². The van der Waals surface area contributed by atoms with Gasteiger partial charge in [0.2, 0.25) is 0 Å². The summed E-state index contributed by atoms with van der Waals surface area (Å²) in [5.74, 6) is 0. The largest absolute Gasteiger partial charge is 0.260 e. The fourth-order valence-corrected chi connectivity index (χ4v) is 3.60. The summed E-state index contributed by atoms with van der Waals surface area (Å²) >= 11 is 5.89. The first-order chi connectivity index (χ1) is 7.01. The maximum atomic E-state index is 12.1. The average molecular weight is 250 g/mol. The van der Waals surface area contributed by atoms with E-state index in [1.807, 2.05) is 0 Å². The molecule has 7 heteroatoms. The molecule has 0 radical (unpaired) electrons. The van der Waals surface area contributed by atoms with Crippen molar-refractivity contribution in [1.29, 1.82) is 0 Å². The van der Waals surface area contributed by atoms with Gasteiger partial charge in [-0.15, -0.1) is 11.6 Å². The zero-order valence-electron chi connectivity index (χ0n) is 8.30. The molecule has 0 saturated carbocycles. The number of aromatic nitrogens is 2. The number of hydrogen-bond donors (Lipinski definition) is 0. The highest BCUT2D eigenvalue weighted by atomic mass is 35.5. The molecule has 15 heavy (non-hydrogen) atoms. The van der Waals surface area contributed by atoms with E-state index in [4.69, 9.17) is 11.6 Å². The van der Waals surface area contributed by atoms with Gasteiger partial charge in [0.05, 0.1) is 6.20 Å². The molecule has 84 valence electrons. The number of hydrogen-bond acceptors (Lipinski definition) is 3. The molecule has 0 bridgehead atoms. The van der Waals surface area contributed by atoms with E-state index in [0.29, 0.717) is 19.5 Å². The molecule has 0 aromatic carbocycles. The van der Waals surface area contributed by atoms with Crippen LogP contribution in [-0.4, -0.2) is 41.0 Å². The van der Waals surface area contributed by atoms with E-state index in [1.165, 1.54) is 21.3 Å². The summed E-state index contributed by atoms with van der Waals surface area (Å²) in [7, 11) is -1.80. The zero-order chi connectivity index (χ0) is 11.1. The van der Waals surface area contributed by atoms with Crippen LogP contribution in [0.2, 0.25) is 0 Å². The molecular formula is C8H12ClN3O2S. The highest BCUT2D eigenvalue weighted by Gasteiger charge is 2.33. The number of sulfonamides is 1. The maximum Gasteiger partial charge on any atom is 0.260 e. The summed E-state index contributed by atoms with van der Waals surface area (Å²) < 4.78 is 26.9. The second kappa shape index (κ2) is 3.77. The molecule has 1 aromatic rings. The van der Waals surface area contributed by atoms with Crippen molar-refractivity contribution < 1.29 is 8.42 Å². The first-order valence-corrected chi connectivity index (χ1v) is 6.51. The van der Waals surface area contributed by atoms with Crippen molar-refractivity contribution in [2.75, 3.05) is 13.1 Å². The topological polar surface area (TPSA) is 55.2 Å². The number of halogens is 1. The molecule has 0 spiro atoms. The summed E-state index contributed by atoms with van der Waals surface area (Å²) in [6, 6.07) is 1.50. The van der Waals surface area contributed by atoms with Gasteiger partial charge in [0.15, 0.2) is 5.03 Å². The molecular weight excluding hydrogens is 238 g/mol. The number of nitrogens with zero attached hydrogens (tertiary/aromatic N) is 3. The minimum absolute atomic E-state index is 0.0759. The van der Waals surface area contributed by atoms with Crippen LogP contribution in [0, 0.1) is 0 Å². The first kappa shape index (κ1) is 10.9. The zero-order valence-corrected chi connectivity index (χ0v) is 9.87. The summed E-state index contributed by atoms with van der Waals surface area (Å²) in [6.45, 7) is 0.872. The Hall–Kier alpha value is -0.590.